The van der Waals surface area contributed by atoms with Gasteiger partial charge >= 0.3 is 0 Å². The fourth-order valence-electron chi connectivity index (χ4n) is 1.42. The van der Waals surface area contributed by atoms with E-state index in [0.29, 0.717) is 5.69 Å². The number of hydrogen-bond donors (Lipinski definition) is 3. The van der Waals surface area contributed by atoms with Crippen LogP contribution in [0, 0.1) is 0 Å². The second kappa shape index (κ2) is 2.55. The van der Waals surface area contributed by atoms with Gasteiger partial charge in [0, 0.05) is 0 Å². The summed E-state index contributed by atoms with van der Waals surface area (Å²) in [6.07, 6.45) is -0.0416. The maximum atomic E-state index is 9.42. The van der Waals surface area contributed by atoms with E-state index < -0.39 is 18.3 Å². The maximum absolute atomic E-state index is 9.42. The second-order valence-corrected chi connectivity index (χ2v) is 2.97. The Morgan fingerprint density at radius 3 is 2.92 bits per heavy atom. The Balaban J connectivity index is 2.39. The van der Waals surface area contributed by atoms with Crippen molar-refractivity contribution in [2.75, 3.05) is 0 Å². The van der Waals surface area contributed by atoms with E-state index in [1.54, 1.807) is 4.57 Å². The lowest BCUT2D eigenvalue weighted by Crippen LogP contribution is -2.40. The van der Waals surface area contributed by atoms with Gasteiger partial charge < -0.3 is 19.9 Å². The van der Waals surface area contributed by atoms with Crippen LogP contribution in [0.2, 0.25) is 0 Å². The molecule has 1 aliphatic heterocycles. The van der Waals surface area contributed by atoms with Gasteiger partial charge in [0.2, 0.25) is 0 Å². The van der Waals surface area contributed by atoms with E-state index in [9.17, 15) is 15.3 Å². The molecule has 0 amide bonds. The molecule has 0 spiro atoms. The van der Waals surface area contributed by atoms with Crippen LogP contribution in [0.3, 0.4) is 0 Å². The molecule has 0 fully saturated rings. The Morgan fingerprint density at radius 1 is 1.42 bits per heavy atom. The van der Waals surface area contributed by atoms with Crippen molar-refractivity contribution in [2.24, 2.45) is 0 Å². The molecule has 1 aromatic rings. The molecule has 12 heavy (non-hydrogen) atoms. The third-order valence-corrected chi connectivity index (χ3v) is 2.15. The highest BCUT2D eigenvalue weighted by molar-refractivity contribution is 5.09. The Bertz CT molecular complexity index is 286. The molecule has 5 nitrogen and oxygen atoms in total. The van der Waals surface area contributed by atoms with E-state index in [0.717, 1.165) is 0 Å². The van der Waals surface area contributed by atoms with Gasteiger partial charge in [0.05, 0.1) is 24.8 Å². The summed E-state index contributed by atoms with van der Waals surface area (Å²) in [4.78, 5) is 3.80. The quantitative estimate of drug-likeness (QED) is 0.450. The smallest absolute Gasteiger partial charge is 0.124 e. The van der Waals surface area contributed by atoms with E-state index in [-0.39, 0.29) is 6.54 Å². The fourth-order valence-corrected chi connectivity index (χ4v) is 1.42. The van der Waals surface area contributed by atoms with E-state index in [4.69, 9.17) is 0 Å². The van der Waals surface area contributed by atoms with Crippen LogP contribution in [-0.4, -0.2) is 37.1 Å². The summed E-state index contributed by atoms with van der Waals surface area (Å²) in [7, 11) is 0. The molecule has 2 heterocycles. The van der Waals surface area contributed by atoms with Crippen LogP contribution in [0.5, 0.6) is 0 Å². The molecule has 5 heteroatoms. The predicted molar refractivity (Wildman–Crippen MR) is 39.2 cm³/mol. The molecule has 0 bridgehead atoms. The number of aliphatic hydroxyl groups excluding tert-OH is 3. The van der Waals surface area contributed by atoms with Gasteiger partial charge in [-0.2, -0.15) is 0 Å². The molecular weight excluding hydrogens is 160 g/mol. The molecule has 1 aromatic heterocycles. The zero-order valence-electron chi connectivity index (χ0n) is 6.33. The van der Waals surface area contributed by atoms with Crippen LogP contribution in [-0.2, 0) is 6.54 Å². The molecule has 1 aliphatic rings. The molecule has 0 saturated heterocycles. The zero-order chi connectivity index (χ0) is 8.72. The third kappa shape index (κ3) is 0.945. The number of hydrogen-bond acceptors (Lipinski definition) is 4. The summed E-state index contributed by atoms with van der Waals surface area (Å²) >= 11 is 0. The predicted octanol–water partition coefficient (Wildman–Crippen LogP) is -1.35. The van der Waals surface area contributed by atoms with Crippen LogP contribution in [0.1, 0.15) is 11.8 Å². The number of fused-ring (bicyclic) bond motifs is 1. The Morgan fingerprint density at radius 2 is 2.17 bits per heavy atom. The topological polar surface area (TPSA) is 78.5 Å². The molecule has 0 aromatic carbocycles. The van der Waals surface area contributed by atoms with Crippen LogP contribution in [0.4, 0.5) is 0 Å². The minimum absolute atomic E-state index is 0.285. The van der Waals surface area contributed by atoms with Gasteiger partial charge in [0.1, 0.15) is 18.3 Å². The number of nitrogens with zero attached hydrogens (tertiary/aromatic N) is 2. The Hall–Kier alpha value is -0.910. The van der Waals surface area contributed by atoms with E-state index in [2.05, 4.69) is 4.98 Å². The number of aliphatic hydroxyl groups is 3. The lowest BCUT2D eigenvalue weighted by Gasteiger charge is -2.29. The highest BCUT2D eigenvalue weighted by atomic mass is 16.4. The summed E-state index contributed by atoms with van der Waals surface area (Å²) in [6.45, 7) is 0.285. The van der Waals surface area contributed by atoms with Gasteiger partial charge in [-0.25, -0.2) is 4.98 Å². The maximum Gasteiger partial charge on any atom is 0.124 e. The summed E-state index contributed by atoms with van der Waals surface area (Å²) in [6, 6.07) is 0. The molecule has 3 atom stereocenters. The van der Waals surface area contributed by atoms with Gasteiger partial charge in [0.25, 0.3) is 0 Å². The summed E-state index contributed by atoms with van der Waals surface area (Å²) < 4.78 is 1.63. The fraction of sp³-hybridized carbons (Fsp3) is 0.571. The van der Waals surface area contributed by atoms with Crippen molar-refractivity contribution < 1.29 is 15.3 Å². The lowest BCUT2D eigenvalue weighted by atomic mass is 10.0. The number of rotatable bonds is 0. The van der Waals surface area contributed by atoms with Crippen molar-refractivity contribution in [1.29, 1.82) is 0 Å². The van der Waals surface area contributed by atoms with Gasteiger partial charge in [-0.1, -0.05) is 0 Å². The lowest BCUT2D eigenvalue weighted by molar-refractivity contribution is -0.0834. The van der Waals surface area contributed by atoms with Crippen molar-refractivity contribution in [3.05, 3.63) is 18.2 Å². The first-order chi connectivity index (χ1) is 5.70. The van der Waals surface area contributed by atoms with Gasteiger partial charge in [0.15, 0.2) is 0 Å². The first kappa shape index (κ1) is 7.72. The summed E-state index contributed by atoms with van der Waals surface area (Å²) in [5.74, 6) is 0. The molecule has 0 aliphatic carbocycles. The minimum Gasteiger partial charge on any atom is -0.388 e. The second-order valence-electron chi connectivity index (χ2n) is 2.97. The van der Waals surface area contributed by atoms with Crippen molar-refractivity contribution in [3.8, 4) is 0 Å². The molecule has 66 valence electrons. The number of aromatic nitrogens is 2. The van der Waals surface area contributed by atoms with Crippen molar-refractivity contribution in [2.45, 2.75) is 24.9 Å². The highest BCUT2D eigenvalue weighted by Crippen LogP contribution is 2.24. The van der Waals surface area contributed by atoms with Crippen LogP contribution in [0.25, 0.3) is 0 Å². The van der Waals surface area contributed by atoms with Crippen molar-refractivity contribution in [1.82, 2.24) is 9.55 Å². The molecule has 0 unspecified atom stereocenters. The SMILES string of the molecule is O[C@@H]1[C@H](O)Cn2cncc2[C@@H]1O. The highest BCUT2D eigenvalue weighted by Gasteiger charge is 2.33. The first-order valence-electron chi connectivity index (χ1n) is 3.74. The monoisotopic (exact) mass is 170 g/mol. The van der Waals surface area contributed by atoms with Crippen LogP contribution >= 0.6 is 0 Å². The minimum atomic E-state index is -1.10. The van der Waals surface area contributed by atoms with Gasteiger partial charge in [-0.3, -0.25) is 0 Å². The Kier molecular flexibility index (Phi) is 1.64. The van der Waals surface area contributed by atoms with Crippen molar-refractivity contribution >= 4 is 0 Å². The average Bonchev–Trinajstić information content (AvgIpc) is 2.48. The molecule has 2 rings (SSSR count). The molecule has 0 radical (unpaired) electrons. The largest absolute Gasteiger partial charge is 0.388 e. The average molecular weight is 170 g/mol. The van der Waals surface area contributed by atoms with Crippen molar-refractivity contribution in [3.63, 3.8) is 0 Å². The zero-order valence-corrected chi connectivity index (χ0v) is 6.33. The normalized spacial score (nSPS) is 34.8. The standard InChI is InChI=1S/C7H10N2O3/c10-5-2-9-3-8-1-4(9)6(11)7(5)12/h1,3,5-7,10-12H,2H2/t5-,6+,7-/m1/s1. The number of imidazole rings is 1. The molecular formula is C7H10N2O3. The van der Waals surface area contributed by atoms with Crippen LogP contribution in [0.15, 0.2) is 12.5 Å². The molecule has 3 N–H and O–H groups in total. The van der Waals surface area contributed by atoms with E-state index in [1.807, 2.05) is 0 Å². The van der Waals surface area contributed by atoms with Crippen LogP contribution < -0.4 is 0 Å². The van der Waals surface area contributed by atoms with E-state index >= 15 is 0 Å². The molecule has 0 saturated carbocycles. The van der Waals surface area contributed by atoms with Gasteiger partial charge in [-0.05, 0) is 0 Å². The Labute approximate surface area is 68.9 Å². The third-order valence-electron chi connectivity index (χ3n) is 2.15. The first-order valence-corrected chi connectivity index (χ1v) is 3.74. The van der Waals surface area contributed by atoms with E-state index in [1.165, 1.54) is 12.5 Å². The summed E-state index contributed by atoms with van der Waals surface area (Å²) in [5.41, 5.74) is 0.549. The van der Waals surface area contributed by atoms with Gasteiger partial charge in [-0.15, -0.1) is 0 Å². The summed E-state index contributed by atoms with van der Waals surface area (Å²) in [5, 5.41) is 27.9.